The molecule has 0 spiro atoms. The third kappa shape index (κ3) is 13.5. The van der Waals surface area contributed by atoms with Gasteiger partial charge in [-0.1, -0.05) is 30.3 Å². The first-order valence-corrected chi connectivity index (χ1v) is 19.2. The fourth-order valence-electron chi connectivity index (χ4n) is 6.46. The molecule has 18 heteroatoms. The summed E-state index contributed by atoms with van der Waals surface area (Å²) in [5, 5.41) is 6.99. The second kappa shape index (κ2) is 20.2. The number of carbonyl (C=O) groups is 4. The number of ether oxygens (including phenoxy) is 4. The quantitative estimate of drug-likeness (QED) is 0.115. The highest BCUT2D eigenvalue weighted by Crippen LogP contribution is 2.32. The summed E-state index contributed by atoms with van der Waals surface area (Å²) in [6, 6.07) is 9.67. The number of morpholine rings is 1. The number of alkyl carbamates (subject to hydrolysis) is 2. The highest BCUT2D eigenvalue weighted by atomic mass is 19.4. The number of anilines is 1. The lowest BCUT2D eigenvalue weighted by molar-refractivity contribution is -0.150. The fraction of sp³-hybridized carbons (Fsp3) is 0.476. The van der Waals surface area contributed by atoms with E-state index in [2.05, 4.69) is 10.6 Å². The number of hydrogen-bond acceptors (Lipinski definition) is 8. The Balaban J connectivity index is 1.59. The average molecular weight is 853 g/mol. The van der Waals surface area contributed by atoms with Gasteiger partial charge in [0, 0.05) is 17.2 Å². The van der Waals surface area contributed by atoms with Crippen LogP contribution in [0.15, 0.2) is 66.7 Å². The molecule has 1 fully saturated rings. The molecular formula is C42H50F6N4O8. The first-order chi connectivity index (χ1) is 28.0. The van der Waals surface area contributed by atoms with Crippen LogP contribution in [0.2, 0.25) is 0 Å². The van der Waals surface area contributed by atoms with Gasteiger partial charge in [-0.3, -0.25) is 9.69 Å². The molecule has 1 heterocycles. The predicted octanol–water partition coefficient (Wildman–Crippen LogP) is 8.38. The fourth-order valence-corrected chi connectivity index (χ4v) is 6.46. The molecule has 4 rings (SSSR count). The highest BCUT2D eigenvalue weighted by Gasteiger charge is 2.42. The van der Waals surface area contributed by atoms with Crippen molar-refractivity contribution >= 4 is 29.9 Å². The van der Waals surface area contributed by atoms with Crippen molar-refractivity contribution in [2.45, 2.75) is 115 Å². The van der Waals surface area contributed by atoms with E-state index in [1.165, 1.54) is 71.6 Å². The third-order valence-corrected chi connectivity index (χ3v) is 9.37. The zero-order valence-electron chi connectivity index (χ0n) is 34.2. The molecule has 3 aromatic rings. The van der Waals surface area contributed by atoms with Gasteiger partial charge in [0.1, 0.15) is 41.7 Å². The molecule has 0 saturated carbocycles. The Morgan fingerprint density at radius 2 is 1.43 bits per heavy atom. The monoisotopic (exact) mass is 852 g/mol. The SMILES string of the molecule is CC(C)OC(=O)NC(C(=O)Nc1cccc(F)c1CCC1CN(C(=O)OC(C)(C)C)C(COC(=O)NC(C)C(F)(F)F)C(C)O1)C(c1ccc(F)cc1)c1ccc(F)cc1. The van der Waals surface area contributed by atoms with Crippen molar-refractivity contribution in [3.05, 3.63) is 101 Å². The molecular weight excluding hydrogens is 802 g/mol. The zero-order valence-corrected chi connectivity index (χ0v) is 34.2. The van der Waals surface area contributed by atoms with Crippen LogP contribution < -0.4 is 16.0 Å². The first-order valence-electron chi connectivity index (χ1n) is 19.2. The van der Waals surface area contributed by atoms with Gasteiger partial charge in [0.15, 0.2) is 0 Å². The maximum atomic E-state index is 15.7. The van der Waals surface area contributed by atoms with Crippen molar-refractivity contribution in [3.63, 3.8) is 0 Å². The number of nitrogens with zero attached hydrogens (tertiary/aromatic N) is 1. The zero-order chi connectivity index (χ0) is 44.5. The summed E-state index contributed by atoms with van der Waals surface area (Å²) in [6.07, 6.45) is -10.0. The summed E-state index contributed by atoms with van der Waals surface area (Å²) < 4.78 is 105. The summed E-state index contributed by atoms with van der Waals surface area (Å²) in [6.45, 7) is 9.73. The Labute approximate surface area is 344 Å². The van der Waals surface area contributed by atoms with Crippen molar-refractivity contribution in [1.29, 1.82) is 0 Å². The number of rotatable bonds is 13. The summed E-state index contributed by atoms with van der Waals surface area (Å²) in [7, 11) is 0. The molecule has 12 nitrogen and oxygen atoms in total. The van der Waals surface area contributed by atoms with Crippen LogP contribution in [-0.4, -0.2) is 90.5 Å². The normalized spacial score (nSPS) is 18.1. The predicted molar refractivity (Wildman–Crippen MR) is 208 cm³/mol. The van der Waals surface area contributed by atoms with Crippen LogP contribution >= 0.6 is 0 Å². The molecule has 1 aliphatic rings. The Kier molecular flexibility index (Phi) is 15.8. The minimum absolute atomic E-state index is 0.0271. The van der Waals surface area contributed by atoms with E-state index in [-0.39, 0.29) is 30.6 Å². The molecule has 3 aromatic carbocycles. The van der Waals surface area contributed by atoms with E-state index in [1.54, 1.807) is 46.9 Å². The maximum Gasteiger partial charge on any atom is 0.410 e. The van der Waals surface area contributed by atoms with E-state index >= 15 is 4.39 Å². The molecule has 3 N–H and O–H groups in total. The van der Waals surface area contributed by atoms with E-state index in [1.807, 2.05) is 0 Å². The van der Waals surface area contributed by atoms with Crippen molar-refractivity contribution in [2.75, 3.05) is 18.5 Å². The van der Waals surface area contributed by atoms with Crippen LogP contribution in [0.3, 0.4) is 0 Å². The van der Waals surface area contributed by atoms with Crippen molar-refractivity contribution in [1.82, 2.24) is 15.5 Å². The molecule has 5 atom stereocenters. The van der Waals surface area contributed by atoms with Crippen molar-refractivity contribution < 1.29 is 64.5 Å². The molecule has 5 unspecified atom stereocenters. The van der Waals surface area contributed by atoms with Crippen LogP contribution in [0.25, 0.3) is 0 Å². The summed E-state index contributed by atoms with van der Waals surface area (Å²) in [4.78, 5) is 54.3. The lowest BCUT2D eigenvalue weighted by Crippen LogP contribution is -2.59. The van der Waals surface area contributed by atoms with Crippen molar-refractivity contribution in [3.8, 4) is 0 Å². The number of benzene rings is 3. The molecule has 328 valence electrons. The van der Waals surface area contributed by atoms with Crippen LogP contribution in [0.5, 0.6) is 0 Å². The van der Waals surface area contributed by atoms with Gasteiger partial charge in [-0.05, 0) is 109 Å². The Morgan fingerprint density at radius 3 is 1.97 bits per heavy atom. The minimum Gasteiger partial charge on any atom is -0.447 e. The highest BCUT2D eigenvalue weighted by molar-refractivity contribution is 5.98. The number of halogens is 6. The van der Waals surface area contributed by atoms with Gasteiger partial charge in [-0.2, -0.15) is 13.2 Å². The maximum absolute atomic E-state index is 15.7. The first kappa shape index (κ1) is 47.2. The van der Waals surface area contributed by atoms with Gasteiger partial charge in [-0.15, -0.1) is 0 Å². The Hall–Kier alpha value is -5.52. The van der Waals surface area contributed by atoms with E-state index in [4.69, 9.17) is 18.9 Å². The van der Waals surface area contributed by atoms with Crippen LogP contribution in [-0.2, 0) is 30.2 Å². The van der Waals surface area contributed by atoms with Crippen LogP contribution in [0.4, 0.5) is 46.4 Å². The summed E-state index contributed by atoms with van der Waals surface area (Å²) in [5.41, 5.74) is -0.129. The third-order valence-electron chi connectivity index (χ3n) is 9.37. The van der Waals surface area contributed by atoms with E-state index < -0.39 is 102 Å². The average Bonchev–Trinajstić information content (AvgIpc) is 3.13. The summed E-state index contributed by atoms with van der Waals surface area (Å²) in [5.74, 6) is -3.68. The van der Waals surface area contributed by atoms with Crippen molar-refractivity contribution in [2.24, 2.45) is 0 Å². The van der Waals surface area contributed by atoms with Gasteiger partial charge in [0.25, 0.3) is 0 Å². The number of carbonyl (C=O) groups excluding carboxylic acids is 4. The van der Waals surface area contributed by atoms with E-state index in [0.29, 0.717) is 11.1 Å². The van der Waals surface area contributed by atoms with Gasteiger partial charge < -0.3 is 34.9 Å². The smallest absolute Gasteiger partial charge is 0.410 e. The summed E-state index contributed by atoms with van der Waals surface area (Å²) >= 11 is 0. The van der Waals surface area contributed by atoms with E-state index in [9.17, 15) is 41.1 Å². The second-order valence-electron chi connectivity index (χ2n) is 15.6. The Bertz CT molecular complexity index is 1900. The minimum atomic E-state index is -4.71. The number of nitrogens with one attached hydrogen (secondary N) is 3. The van der Waals surface area contributed by atoms with Gasteiger partial charge >= 0.3 is 24.5 Å². The van der Waals surface area contributed by atoms with Gasteiger partial charge in [0.05, 0.1) is 30.9 Å². The molecule has 1 saturated heterocycles. The molecule has 0 aromatic heterocycles. The largest absolute Gasteiger partial charge is 0.447 e. The number of alkyl halides is 3. The molecule has 0 aliphatic carbocycles. The molecule has 60 heavy (non-hydrogen) atoms. The number of hydrogen-bond donors (Lipinski definition) is 3. The van der Waals surface area contributed by atoms with Gasteiger partial charge in [0.2, 0.25) is 5.91 Å². The van der Waals surface area contributed by atoms with E-state index in [0.717, 1.165) is 6.92 Å². The van der Waals surface area contributed by atoms with Crippen LogP contribution in [0.1, 0.15) is 77.5 Å². The Morgan fingerprint density at radius 1 is 0.850 bits per heavy atom. The van der Waals surface area contributed by atoms with Crippen LogP contribution in [0, 0.1) is 17.5 Å². The standard InChI is InChI=1S/C42H50F6N4O8/c1-23(2)58-39(55)51-36(35(26-11-15-28(43)16-12-26)27-13-17-29(44)18-14-27)37(53)50-33-10-8-9-32(45)31(33)20-19-30-21-52(40(56)60-41(5,6)7)34(24(3)59-30)22-57-38(54)49-25(4)42(46,47)48/h8-18,23-25,30,34-36H,19-22H2,1-7H3,(H,49,54)(H,50,53)(H,51,55). The lowest BCUT2D eigenvalue weighted by Gasteiger charge is -2.43. The topological polar surface area (TPSA) is 145 Å². The molecule has 1 aliphatic heterocycles. The lowest BCUT2D eigenvalue weighted by atomic mass is 9.84. The molecule has 0 radical (unpaired) electrons. The number of amides is 4. The molecule has 4 amide bonds. The van der Waals surface area contributed by atoms with Gasteiger partial charge in [-0.25, -0.2) is 27.6 Å². The molecule has 0 bridgehead atoms. The second-order valence-corrected chi connectivity index (χ2v) is 15.6.